The quantitative estimate of drug-likeness (QED) is 0.837. The van der Waals surface area contributed by atoms with Gasteiger partial charge in [0.1, 0.15) is 5.82 Å². The maximum absolute atomic E-state index is 13.2. The fraction of sp³-hybridized carbons (Fsp3) is 0.111. The molecule has 2 nitrogen and oxygen atoms in total. The summed E-state index contributed by atoms with van der Waals surface area (Å²) >= 11 is 2.06. The SMILES string of the molecule is C=C(NC)Nc1ccc(I)cc1F. The van der Waals surface area contributed by atoms with Crippen molar-refractivity contribution in [3.05, 3.63) is 40.0 Å². The first-order valence-electron chi connectivity index (χ1n) is 3.72. The summed E-state index contributed by atoms with van der Waals surface area (Å²) in [5, 5.41) is 5.58. The van der Waals surface area contributed by atoms with Crippen LogP contribution in [0.15, 0.2) is 30.6 Å². The number of nitrogens with one attached hydrogen (secondary N) is 2. The molecule has 0 heterocycles. The number of anilines is 1. The molecule has 0 spiro atoms. The second-order valence-corrected chi connectivity index (χ2v) is 3.72. The van der Waals surface area contributed by atoms with Crippen LogP contribution in [0.4, 0.5) is 10.1 Å². The molecule has 0 aromatic heterocycles. The van der Waals surface area contributed by atoms with Crippen molar-refractivity contribution >= 4 is 28.3 Å². The smallest absolute Gasteiger partial charge is 0.147 e. The van der Waals surface area contributed by atoms with Crippen LogP contribution in [0.3, 0.4) is 0 Å². The van der Waals surface area contributed by atoms with E-state index >= 15 is 0 Å². The lowest BCUT2D eigenvalue weighted by Gasteiger charge is -2.09. The molecule has 1 aromatic carbocycles. The minimum Gasteiger partial charge on any atom is -0.375 e. The monoisotopic (exact) mass is 292 g/mol. The molecule has 0 aliphatic carbocycles. The summed E-state index contributed by atoms with van der Waals surface area (Å²) in [5.74, 6) is 0.295. The third-order valence-corrected chi connectivity index (χ3v) is 2.19. The average molecular weight is 292 g/mol. The Labute approximate surface area is 90.4 Å². The minimum absolute atomic E-state index is 0.275. The summed E-state index contributed by atoms with van der Waals surface area (Å²) in [5.41, 5.74) is 0.430. The van der Waals surface area contributed by atoms with Crippen LogP contribution in [0, 0.1) is 9.39 Å². The molecule has 2 N–H and O–H groups in total. The Morgan fingerprint density at radius 3 is 2.77 bits per heavy atom. The third-order valence-electron chi connectivity index (χ3n) is 1.52. The van der Waals surface area contributed by atoms with Gasteiger partial charge in [-0.15, -0.1) is 0 Å². The molecule has 1 aromatic rings. The van der Waals surface area contributed by atoms with Gasteiger partial charge < -0.3 is 10.6 Å². The van der Waals surface area contributed by atoms with Crippen LogP contribution in [0.5, 0.6) is 0 Å². The van der Waals surface area contributed by atoms with Gasteiger partial charge in [0.05, 0.1) is 11.5 Å². The summed E-state index contributed by atoms with van der Waals surface area (Å²) in [6, 6.07) is 4.97. The van der Waals surface area contributed by atoms with Gasteiger partial charge in [0.25, 0.3) is 0 Å². The summed E-state index contributed by atoms with van der Waals surface area (Å²) < 4.78 is 14.1. The maximum atomic E-state index is 13.2. The maximum Gasteiger partial charge on any atom is 0.147 e. The number of benzene rings is 1. The highest BCUT2D eigenvalue weighted by atomic mass is 127. The van der Waals surface area contributed by atoms with Gasteiger partial charge in [0.15, 0.2) is 0 Å². The highest BCUT2D eigenvalue weighted by Crippen LogP contribution is 2.17. The summed E-state index contributed by atoms with van der Waals surface area (Å²) in [4.78, 5) is 0. The Balaban J connectivity index is 2.83. The molecular formula is C9H10FIN2. The lowest BCUT2D eigenvalue weighted by atomic mass is 10.3. The van der Waals surface area contributed by atoms with Crippen LogP contribution < -0.4 is 10.6 Å². The van der Waals surface area contributed by atoms with Gasteiger partial charge in [-0.3, -0.25) is 0 Å². The lowest BCUT2D eigenvalue weighted by Crippen LogP contribution is -2.13. The molecule has 1 rings (SSSR count). The van der Waals surface area contributed by atoms with E-state index in [1.54, 1.807) is 13.1 Å². The molecule has 70 valence electrons. The largest absolute Gasteiger partial charge is 0.375 e. The van der Waals surface area contributed by atoms with Crippen molar-refractivity contribution in [1.29, 1.82) is 0 Å². The highest BCUT2D eigenvalue weighted by Gasteiger charge is 2.01. The van der Waals surface area contributed by atoms with Crippen LogP contribution in [0.2, 0.25) is 0 Å². The molecule has 0 saturated carbocycles. The van der Waals surface area contributed by atoms with Gasteiger partial charge >= 0.3 is 0 Å². The van der Waals surface area contributed by atoms with E-state index in [2.05, 4.69) is 39.8 Å². The van der Waals surface area contributed by atoms with Crippen LogP contribution >= 0.6 is 22.6 Å². The van der Waals surface area contributed by atoms with Crippen LogP contribution in [-0.4, -0.2) is 7.05 Å². The van der Waals surface area contributed by atoms with Gasteiger partial charge in [0.2, 0.25) is 0 Å². The van der Waals surface area contributed by atoms with Gasteiger partial charge in [0, 0.05) is 10.6 Å². The fourth-order valence-corrected chi connectivity index (χ4v) is 1.27. The molecule has 4 heteroatoms. The first-order valence-corrected chi connectivity index (χ1v) is 4.80. The van der Waals surface area contributed by atoms with Crippen molar-refractivity contribution in [1.82, 2.24) is 5.32 Å². The standard InChI is InChI=1S/C9H10FIN2/c1-6(12-2)13-9-4-3-7(11)5-8(9)10/h3-5,12-13H,1H2,2H3. The molecule has 0 aliphatic rings. The van der Waals surface area contributed by atoms with Crippen LogP contribution in [-0.2, 0) is 0 Å². The summed E-state index contributed by atoms with van der Waals surface area (Å²) in [6.07, 6.45) is 0. The van der Waals surface area contributed by atoms with Crippen molar-refractivity contribution in [2.24, 2.45) is 0 Å². The van der Waals surface area contributed by atoms with Crippen molar-refractivity contribution in [2.75, 3.05) is 12.4 Å². The summed E-state index contributed by atoms with van der Waals surface area (Å²) in [7, 11) is 1.72. The van der Waals surface area contributed by atoms with E-state index in [1.807, 2.05) is 6.07 Å². The first kappa shape index (κ1) is 10.3. The molecular weight excluding hydrogens is 282 g/mol. The topological polar surface area (TPSA) is 24.1 Å². The normalized spacial score (nSPS) is 9.46. The zero-order chi connectivity index (χ0) is 9.84. The minimum atomic E-state index is -0.275. The second kappa shape index (κ2) is 4.45. The molecule has 0 radical (unpaired) electrons. The van der Waals surface area contributed by atoms with Crippen molar-refractivity contribution in [2.45, 2.75) is 0 Å². The number of halogens is 2. The summed E-state index contributed by atoms with van der Waals surface area (Å²) in [6.45, 7) is 3.64. The van der Waals surface area contributed by atoms with Crippen molar-refractivity contribution in [3.8, 4) is 0 Å². The molecule has 0 amide bonds. The number of hydrogen-bond donors (Lipinski definition) is 2. The van der Waals surface area contributed by atoms with Crippen molar-refractivity contribution in [3.63, 3.8) is 0 Å². The Hall–Kier alpha value is -0.780. The first-order chi connectivity index (χ1) is 6.13. The van der Waals surface area contributed by atoms with Gasteiger partial charge in [-0.25, -0.2) is 4.39 Å². The van der Waals surface area contributed by atoms with E-state index in [9.17, 15) is 4.39 Å². The Kier molecular flexibility index (Phi) is 3.53. The van der Waals surface area contributed by atoms with Crippen molar-refractivity contribution < 1.29 is 4.39 Å². The number of hydrogen-bond acceptors (Lipinski definition) is 2. The second-order valence-electron chi connectivity index (χ2n) is 2.48. The zero-order valence-corrected chi connectivity index (χ0v) is 9.35. The van der Waals surface area contributed by atoms with Gasteiger partial charge in [-0.2, -0.15) is 0 Å². The molecule has 0 unspecified atom stereocenters. The fourth-order valence-electron chi connectivity index (χ4n) is 0.816. The molecule has 0 fully saturated rings. The van der Waals surface area contributed by atoms with Gasteiger partial charge in [-0.1, -0.05) is 6.58 Å². The molecule has 0 bridgehead atoms. The van der Waals surface area contributed by atoms with E-state index in [1.165, 1.54) is 6.07 Å². The van der Waals surface area contributed by atoms with Crippen LogP contribution in [0.25, 0.3) is 0 Å². The van der Waals surface area contributed by atoms with E-state index in [-0.39, 0.29) is 5.82 Å². The molecule has 0 saturated heterocycles. The Morgan fingerprint density at radius 2 is 2.23 bits per heavy atom. The van der Waals surface area contributed by atoms with Crippen LogP contribution in [0.1, 0.15) is 0 Å². The van der Waals surface area contributed by atoms with E-state index in [0.29, 0.717) is 11.5 Å². The number of rotatable bonds is 3. The highest BCUT2D eigenvalue weighted by molar-refractivity contribution is 14.1. The molecule has 0 atom stereocenters. The third kappa shape index (κ3) is 2.87. The molecule has 0 aliphatic heterocycles. The predicted octanol–water partition coefficient (Wildman–Crippen LogP) is 2.53. The lowest BCUT2D eigenvalue weighted by molar-refractivity contribution is 0.630. The Morgan fingerprint density at radius 1 is 1.54 bits per heavy atom. The predicted molar refractivity (Wildman–Crippen MR) is 60.9 cm³/mol. The van der Waals surface area contributed by atoms with E-state index in [4.69, 9.17) is 0 Å². The average Bonchev–Trinajstić information content (AvgIpc) is 2.09. The van der Waals surface area contributed by atoms with E-state index < -0.39 is 0 Å². The van der Waals surface area contributed by atoms with Gasteiger partial charge in [-0.05, 0) is 40.8 Å². The Bertz CT molecular complexity index is 325. The van der Waals surface area contributed by atoms with E-state index in [0.717, 1.165) is 3.57 Å². The zero-order valence-electron chi connectivity index (χ0n) is 7.20. The molecule has 13 heavy (non-hydrogen) atoms.